The molecule has 2 atom stereocenters. The molecule has 0 spiro atoms. The topological polar surface area (TPSA) is 89.3 Å². The van der Waals surface area contributed by atoms with E-state index in [2.05, 4.69) is 25.0 Å². The molecule has 8 heteroatoms. The predicted molar refractivity (Wildman–Crippen MR) is 148 cm³/mol. The van der Waals surface area contributed by atoms with Crippen LogP contribution >= 0.6 is 0 Å². The van der Waals surface area contributed by atoms with Gasteiger partial charge >= 0.3 is 0 Å². The van der Waals surface area contributed by atoms with E-state index in [1.54, 1.807) is 6.20 Å². The average molecular weight is 509 g/mol. The molecule has 2 N–H and O–H groups in total. The van der Waals surface area contributed by atoms with Gasteiger partial charge in [-0.25, -0.2) is 9.97 Å². The summed E-state index contributed by atoms with van der Waals surface area (Å²) in [6.45, 7) is 13.8. The number of aromatic nitrogens is 3. The maximum atomic E-state index is 13.3. The number of aliphatic hydroxyl groups is 1. The van der Waals surface area contributed by atoms with Crippen LogP contribution in [0.4, 0.5) is 5.69 Å². The molecule has 4 rings (SSSR count). The maximum Gasteiger partial charge on any atom is 0.171 e. The largest absolute Gasteiger partial charge is 0.391 e. The Morgan fingerprint density at radius 1 is 1.25 bits per heavy atom. The Labute approximate surface area is 215 Å². The summed E-state index contributed by atoms with van der Waals surface area (Å²) in [5.41, 5.74) is 3.85. The lowest BCUT2D eigenvalue weighted by atomic mass is 9.87. The van der Waals surface area contributed by atoms with Crippen molar-refractivity contribution >= 4 is 30.7 Å². The third-order valence-electron chi connectivity index (χ3n) is 6.71. The molecular weight excluding hydrogens is 468 g/mol. The minimum Gasteiger partial charge on any atom is -0.391 e. The van der Waals surface area contributed by atoms with Crippen molar-refractivity contribution < 1.29 is 14.6 Å². The van der Waals surface area contributed by atoms with E-state index in [1.165, 1.54) is 0 Å². The number of fused-ring (bicyclic) bond motifs is 1. The Morgan fingerprint density at radius 2 is 2.03 bits per heavy atom. The van der Waals surface area contributed by atoms with Gasteiger partial charge in [-0.3, -0.25) is 4.79 Å². The van der Waals surface area contributed by atoms with Gasteiger partial charge in [-0.1, -0.05) is 52.5 Å². The highest BCUT2D eigenvalue weighted by Crippen LogP contribution is 2.30. The number of rotatable bonds is 9. The minimum absolute atomic E-state index is 0.0328. The summed E-state index contributed by atoms with van der Waals surface area (Å²) in [5.74, 6) is 0.0328. The lowest BCUT2D eigenvalue weighted by Crippen LogP contribution is -2.27. The van der Waals surface area contributed by atoms with Crippen LogP contribution in [0.15, 0.2) is 36.7 Å². The SMILES string of the molecule is CC(C)(C)C(=O)c1cn(COCC[Si](C)(C)C)c2ncc(-c3cccc(NC4CCCC4O)c3)nc12. The highest BCUT2D eigenvalue weighted by atomic mass is 28.3. The molecule has 1 saturated carbocycles. The van der Waals surface area contributed by atoms with E-state index in [-0.39, 0.29) is 17.9 Å². The van der Waals surface area contributed by atoms with Crippen LogP contribution < -0.4 is 5.32 Å². The molecule has 0 saturated heterocycles. The van der Waals surface area contributed by atoms with Gasteiger partial charge < -0.3 is 19.7 Å². The number of carbonyl (C=O) groups excluding carboxylic acids is 1. The normalized spacial score (nSPS) is 18.6. The van der Waals surface area contributed by atoms with Crippen LogP contribution in [-0.4, -0.2) is 52.3 Å². The van der Waals surface area contributed by atoms with Crippen LogP contribution in [0.1, 0.15) is 50.4 Å². The molecule has 36 heavy (non-hydrogen) atoms. The molecule has 2 heterocycles. The summed E-state index contributed by atoms with van der Waals surface area (Å²) in [6.07, 6.45) is 6.12. The zero-order chi connectivity index (χ0) is 26.1. The Morgan fingerprint density at radius 3 is 2.69 bits per heavy atom. The van der Waals surface area contributed by atoms with Crippen LogP contribution in [0, 0.1) is 5.41 Å². The fraction of sp³-hybridized carbons (Fsp3) is 0.536. The zero-order valence-electron chi connectivity index (χ0n) is 22.5. The first-order chi connectivity index (χ1) is 16.9. The molecule has 3 aromatic rings. The van der Waals surface area contributed by atoms with Crippen molar-refractivity contribution in [2.75, 3.05) is 11.9 Å². The standard InChI is InChI=1S/C28H40N4O3Si/c1-28(2,3)26(34)21-17-32(18-35-13-14-36(4,5)6)27-25(21)31-23(16-29-27)19-9-7-10-20(15-19)30-22-11-8-12-24(22)33/h7,9-10,15-17,22,24,30,33H,8,11-14,18H2,1-6H3. The van der Waals surface area contributed by atoms with E-state index in [0.29, 0.717) is 35.8 Å². The molecule has 7 nitrogen and oxygen atoms in total. The van der Waals surface area contributed by atoms with Crippen LogP contribution in [-0.2, 0) is 11.5 Å². The quantitative estimate of drug-likeness (QED) is 0.210. The van der Waals surface area contributed by atoms with Crippen LogP contribution in [0.2, 0.25) is 25.7 Å². The van der Waals surface area contributed by atoms with Crippen LogP contribution in [0.25, 0.3) is 22.4 Å². The number of nitrogens with one attached hydrogen (secondary N) is 1. The molecule has 1 aliphatic carbocycles. The predicted octanol–water partition coefficient (Wildman–Crippen LogP) is 5.96. The van der Waals surface area contributed by atoms with Gasteiger partial charge in [0.2, 0.25) is 0 Å². The van der Waals surface area contributed by atoms with Gasteiger partial charge in [0.1, 0.15) is 12.2 Å². The van der Waals surface area contributed by atoms with E-state index in [1.807, 2.05) is 55.8 Å². The van der Waals surface area contributed by atoms with Gasteiger partial charge in [0.15, 0.2) is 11.4 Å². The number of aliphatic hydroxyl groups excluding tert-OH is 1. The number of ether oxygens (including phenoxy) is 1. The third kappa shape index (κ3) is 6.22. The molecule has 2 aromatic heterocycles. The number of ketones is 1. The van der Waals surface area contributed by atoms with Gasteiger partial charge in [-0.05, 0) is 37.4 Å². The first kappa shape index (κ1) is 26.5. The number of carbonyl (C=O) groups is 1. The fourth-order valence-electron chi connectivity index (χ4n) is 4.49. The number of benzene rings is 1. The lowest BCUT2D eigenvalue weighted by molar-refractivity contribution is 0.0849. The second-order valence-electron chi connectivity index (χ2n) is 12.2. The molecule has 2 unspecified atom stereocenters. The molecule has 0 radical (unpaired) electrons. The van der Waals surface area contributed by atoms with Gasteiger partial charge in [0.25, 0.3) is 0 Å². The molecule has 0 amide bonds. The van der Waals surface area contributed by atoms with Gasteiger partial charge in [-0.2, -0.15) is 0 Å². The van der Waals surface area contributed by atoms with E-state index in [4.69, 9.17) is 14.7 Å². The molecule has 1 aliphatic rings. The smallest absolute Gasteiger partial charge is 0.171 e. The van der Waals surface area contributed by atoms with E-state index >= 15 is 0 Å². The van der Waals surface area contributed by atoms with Crippen molar-refractivity contribution in [1.29, 1.82) is 0 Å². The van der Waals surface area contributed by atoms with Crippen molar-refractivity contribution in [2.45, 2.75) is 84.6 Å². The monoisotopic (exact) mass is 508 g/mol. The number of Topliss-reactive ketones (excluding diaryl/α,β-unsaturated/α-hetero) is 1. The van der Waals surface area contributed by atoms with E-state index < -0.39 is 13.5 Å². The maximum absolute atomic E-state index is 13.3. The molecule has 1 fully saturated rings. The zero-order valence-corrected chi connectivity index (χ0v) is 23.5. The molecule has 194 valence electrons. The van der Waals surface area contributed by atoms with Crippen molar-refractivity contribution in [1.82, 2.24) is 14.5 Å². The molecule has 0 bridgehead atoms. The van der Waals surface area contributed by atoms with Crippen LogP contribution in [0.3, 0.4) is 0 Å². The summed E-state index contributed by atoms with van der Waals surface area (Å²) >= 11 is 0. The Hall–Kier alpha value is -2.55. The van der Waals surface area contributed by atoms with Gasteiger partial charge in [0, 0.05) is 37.5 Å². The first-order valence-electron chi connectivity index (χ1n) is 13.0. The summed E-state index contributed by atoms with van der Waals surface area (Å²) < 4.78 is 7.87. The summed E-state index contributed by atoms with van der Waals surface area (Å²) in [6, 6.07) is 9.15. The highest BCUT2D eigenvalue weighted by Gasteiger charge is 2.28. The summed E-state index contributed by atoms with van der Waals surface area (Å²) in [5, 5.41) is 13.7. The Kier molecular flexibility index (Phi) is 7.69. The molecular formula is C28H40N4O3Si. The molecule has 1 aromatic carbocycles. The fourth-order valence-corrected chi connectivity index (χ4v) is 5.25. The summed E-state index contributed by atoms with van der Waals surface area (Å²) in [4.78, 5) is 23.0. The molecule has 0 aliphatic heterocycles. The van der Waals surface area contributed by atoms with E-state index in [9.17, 15) is 9.90 Å². The van der Waals surface area contributed by atoms with E-state index in [0.717, 1.165) is 36.6 Å². The number of hydrogen-bond donors (Lipinski definition) is 2. The average Bonchev–Trinajstić information content (AvgIpc) is 3.38. The number of hydrogen-bond acceptors (Lipinski definition) is 6. The summed E-state index contributed by atoms with van der Waals surface area (Å²) in [7, 11) is -1.19. The van der Waals surface area contributed by atoms with Crippen molar-refractivity contribution in [3.05, 3.63) is 42.2 Å². The minimum atomic E-state index is -1.19. The first-order valence-corrected chi connectivity index (χ1v) is 16.7. The van der Waals surface area contributed by atoms with Crippen molar-refractivity contribution in [2.24, 2.45) is 5.41 Å². The highest BCUT2D eigenvalue weighted by molar-refractivity contribution is 6.76. The Balaban J connectivity index is 1.65. The second kappa shape index (κ2) is 10.4. The van der Waals surface area contributed by atoms with Crippen molar-refractivity contribution in [3.63, 3.8) is 0 Å². The number of nitrogens with zero attached hydrogens (tertiary/aromatic N) is 3. The third-order valence-corrected chi connectivity index (χ3v) is 8.41. The Bertz CT molecular complexity index is 1230. The van der Waals surface area contributed by atoms with Crippen molar-refractivity contribution in [3.8, 4) is 11.3 Å². The number of anilines is 1. The lowest BCUT2D eigenvalue weighted by Gasteiger charge is -2.18. The van der Waals surface area contributed by atoms with Gasteiger partial charge in [-0.15, -0.1) is 0 Å². The second-order valence-corrected chi connectivity index (χ2v) is 17.8. The van der Waals surface area contributed by atoms with Gasteiger partial charge in [0.05, 0.1) is 29.6 Å². The van der Waals surface area contributed by atoms with Crippen LogP contribution in [0.5, 0.6) is 0 Å².